The second-order valence-electron chi connectivity index (χ2n) is 11.8. The van der Waals surface area contributed by atoms with E-state index in [1.54, 1.807) is 4.68 Å². The smallest absolute Gasteiger partial charge is 0.248 e. The van der Waals surface area contributed by atoms with Crippen LogP contribution in [0.3, 0.4) is 0 Å². The van der Waals surface area contributed by atoms with Crippen LogP contribution >= 0.6 is 0 Å². The molecule has 2 aliphatic carbocycles. The summed E-state index contributed by atoms with van der Waals surface area (Å²) in [6.07, 6.45) is 4.75. The average molecular weight is 473 g/mol. The van der Waals surface area contributed by atoms with Crippen molar-refractivity contribution in [1.82, 2.24) is 30.1 Å². The van der Waals surface area contributed by atoms with E-state index < -0.39 is 23.6 Å². The van der Waals surface area contributed by atoms with Crippen molar-refractivity contribution in [3.8, 4) is 0 Å². The zero-order valence-electron chi connectivity index (χ0n) is 20.5. The minimum Gasteiger partial charge on any atom is -0.391 e. The fourth-order valence-electron chi connectivity index (χ4n) is 5.51. The Morgan fingerprint density at radius 3 is 2.53 bits per heavy atom. The molecule has 186 valence electrons. The molecule has 2 aliphatic heterocycles. The van der Waals surface area contributed by atoms with Gasteiger partial charge in [-0.1, -0.05) is 32.9 Å². The molecule has 4 aliphatic rings. The van der Waals surface area contributed by atoms with Gasteiger partial charge in [0.25, 0.3) is 0 Å². The largest absolute Gasteiger partial charge is 0.391 e. The number of aliphatic hydroxyl groups excluding tert-OH is 1. The van der Waals surface area contributed by atoms with Gasteiger partial charge in [0, 0.05) is 44.1 Å². The van der Waals surface area contributed by atoms with E-state index in [1.165, 1.54) is 4.90 Å². The number of amides is 3. The van der Waals surface area contributed by atoms with Crippen molar-refractivity contribution in [3.05, 3.63) is 11.9 Å². The number of β-amino-alcohol motifs (C(OH)–C–C–N with tert-alkyl or cyclic N) is 1. The minimum atomic E-state index is -0.775. The van der Waals surface area contributed by atoms with E-state index in [1.807, 2.05) is 31.9 Å². The maximum absolute atomic E-state index is 13.8. The number of rotatable bonds is 6. The number of likely N-dealkylation sites (tertiary alicyclic amines) is 2. The van der Waals surface area contributed by atoms with Gasteiger partial charge in [-0.3, -0.25) is 14.4 Å². The molecule has 1 aromatic heterocycles. The third kappa shape index (κ3) is 4.44. The topological polar surface area (TPSA) is 121 Å². The van der Waals surface area contributed by atoms with Crippen LogP contribution in [0.2, 0.25) is 0 Å². The molecule has 0 radical (unpaired) electrons. The lowest BCUT2D eigenvalue weighted by molar-refractivity contribution is -0.144. The highest BCUT2D eigenvalue weighted by Gasteiger charge is 2.48. The Morgan fingerprint density at radius 2 is 1.91 bits per heavy atom. The van der Waals surface area contributed by atoms with Crippen LogP contribution in [0.15, 0.2) is 6.20 Å². The van der Waals surface area contributed by atoms with Crippen LogP contribution in [-0.2, 0) is 14.4 Å². The molecule has 0 bridgehead atoms. The van der Waals surface area contributed by atoms with E-state index in [4.69, 9.17) is 0 Å². The van der Waals surface area contributed by atoms with Crippen LogP contribution < -0.4 is 5.32 Å². The number of aliphatic hydroxyl groups is 1. The highest BCUT2D eigenvalue weighted by atomic mass is 16.3. The Morgan fingerprint density at radius 1 is 1.21 bits per heavy atom. The Balaban J connectivity index is 1.30. The molecule has 4 fully saturated rings. The molecule has 10 heteroatoms. The SMILES string of the molecule is CC1CC1N1CC(NC(=O)[C@@H]2C[C@@H](O)CN2C(=O)[C@@H](n2cc(C3CC3)nn2)C(C)(C)C)CC1=O. The van der Waals surface area contributed by atoms with Crippen molar-refractivity contribution >= 4 is 17.7 Å². The van der Waals surface area contributed by atoms with Crippen LogP contribution in [0.5, 0.6) is 0 Å². The highest BCUT2D eigenvalue weighted by Crippen LogP contribution is 2.40. The molecule has 3 heterocycles. The van der Waals surface area contributed by atoms with E-state index in [9.17, 15) is 19.5 Å². The molecule has 5 rings (SSSR count). The molecule has 1 aromatic rings. The molecule has 2 N–H and O–H groups in total. The summed E-state index contributed by atoms with van der Waals surface area (Å²) in [5.74, 6) is 0.460. The molecule has 0 aromatic carbocycles. The second kappa shape index (κ2) is 8.32. The predicted molar refractivity (Wildman–Crippen MR) is 122 cm³/mol. The molecule has 3 amide bonds. The predicted octanol–water partition coefficient (Wildman–Crippen LogP) is 0.830. The van der Waals surface area contributed by atoms with Crippen molar-refractivity contribution in [1.29, 1.82) is 0 Å². The van der Waals surface area contributed by atoms with Crippen LogP contribution in [0.25, 0.3) is 0 Å². The van der Waals surface area contributed by atoms with Gasteiger partial charge in [-0.25, -0.2) is 4.68 Å². The van der Waals surface area contributed by atoms with Crippen LogP contribution in [0.1, 0.15) is 77.5 Å². The van der Waals surface area contributed by atoms with E-state index in [0.29, 0.717) is 18.4 Å². The van der Waals surface area contributed by atoms with Crippen molar-refractivity contribution in [2.24, 2.45) is 11.3 Å². The number of carbonyl (C=O) groups excluding carboxylic acids is 3. The first-order valence-electron chi connectivity index (χ1n) is 12.5. The molecule has 0 spiro atoms. The van der Waals surface area contributed by atoms with Crippen LogP contribution in [0.4, 0.5) is 0 Å². The van der Waals surface area contributed by atoms with E-state index >= 15 is 0 Å². The number of aromatic nitrogens is 3. The van der Waals surface area contributed by atoms with Crippen molar-refractivity contribution in [3.63, 3.8) is 0 Å². The molecular weight excluding hydrogens is 436 g/mol. The lowest BCUT2D eigenvalue weighted by atomic mass is 9.85. The molecular formula is C24H36N6O4. The molecule has 6 atom stereocenters. The molecule has 2 saturated heterocycles. The summed E-state index contributed by atoms with van der Waals surface area (Å²) in [6, 6.07) is -1.40. The third-order valence-electron chi connectivity index (χ3n) is 7.68. The fourth-order valence-corrected chi connectivity index (χ4v) is 5.51. The number of nitrogens with one attached hydrogen (secondary N) is 1. The summed E-state index contributed by atoms with van der Waals surface area (Å²) in [4.78, 5) is 42.8. The zero-order chi connectivity index (χ0) is 24.4. The summed E-state index contributed by atoms with van der Waals surface area (Å²) >= 11 is 0. The van der Waals surface area contributed by atoms with Crippen molar-refractivity contribution < 1.29 is 19.5 Å². The van der Waals surface area contributed by atoms with Gasteiger partial charge in [0.1, 0.15) is 12.1 Å². The van der Waals surface area contributed by atoms with E-state index in [0.717, 1.165) is 25.0 Å². The van der Waals surface area contributed by atoms with Gasteiger partial charge in [-0.15, -0.1) is 5.10 Å². The number of carbonyl (C=O) groups is 3. The number of nitrogens with zero attached hydrogens (tertiary/aromatic N) is 5. The average Bonchev–Trinajstić information content (AvgIpc) is 3.58. The first-order chi connectivity index (χ1) is 16.0. The summed E-state index contributed by atoms with van der Waals surface area (Å²) in [5, 5.41) is 21.9. The summed E-state index contributed by atoms with van der Waals surface area (Å²) in [6.45, 7) is 8.63. The van der Waals surface area contributed by atoms with Gasteiger partial charge in [0.2, 0.25) is 17.7 Å². The Kier molecular flexibility index (Phi) is 5.69. The molecule has 2 saturated carbocycles. The van der Waals surface area contributed by atoms with E-state index in [-0.39, 0.29) is 49.2 Å². The summed E-state index contributed by atoms with van der Waals surface area (Å²) < 4.78 is 1.62. The maximum atomic E-state index is 13.8. The van der Waals surface area contributed by atoms with Gasteiger partial charge >= 0.3 is 0 Å². The number of hydrogen-bond acceptors (Lipinski definition) is 6. The Hall–Kier alpha value is -2.49. The lowest BCUT2D eigenvalue weighted by Gasteiger charge is -2.34. The Labute approximate surface area is 200 Å². The van der Waals surface area contributed by atoms with Gasteiger partial charge < -0.3 is 20.2 Å². The summed E-state index contributed by atoms with van der Waals surface area (Å²) in [7, 11) is 0. The van der Waals surface area contributed by atoms with Crippen LogP contribution in [-0.4, -0.2) is 84.9 Å². The van der Waals surface area contributed by atoms with Gasteiger partial charge in [-0.2, -0.15) is 0 Å². The van der Waals surface area contributed by atoms with Gasteiger partial charge in [0.05, 0.1) is 17.8 Å². The normalized spacial score (nSPS) is 32.3. The molecule has 34 heavy (non-hydrogen) atoms. The third-order valence-corrected chi connectivity index (χ3v) is 7.68. The van der Waals surface area contributed by atoms with Crippen molar-refractivity contribution in [2.75, 3.05) is 13.1 Å². The lowest BCUT2D eigenvalue weighted by Crippen LogP contribution is -2.52. The Bertz CT molecular complexity index is 982. The molecule has 3 unspecified atom stereocenters. The number of hydrogen-bond donors (Lipinski definition) is 2. The fraction of sp³-hybridized carbons (Fsp3) is 0.792. The highest BCUT2D eigenvalue weighted by molar-refractivity contribution is 5.91. The standard InChI is InChI=1S/C24H36N6O4/c1-13-7-18(13)28-10-15(8-20(28)32)25-22(33)19-9-16(31)11-29(19)23(34)21(24(2,3)4)30-12-17(26-27-30)14-5-6-14/h12-16,18-19,21,31H,5-11H2,1-4H3,(H,25,33)/t13?,15?,16-,18?,19+,21-/m1/s1. The quantitative estimate of drug-likeness (QED) is 0.633. The second-order valence-corrected chi connectivity index (χ2v) is 11.8. The minimum absolute atomic E-state index is 0.0736. The zero-order valence-corrected chi connectivity index (χ0v) is 20.5. The first-order valence-corrected chi connectivity index (χ1v) is 12.5. The van der Waals surface area contributed by atoms with E-state index in [2.05, 4.69) is 22.6 Å². The van der Waals surface area contributed by atoms with Crippen LogP contribution in [0, 0.1) is 11.3 Å². The van der Waals surface area contributed by atoms with Gasteiger partial charge in [0.15, 0.2) is 0 Å². The first kappa shape index (κ1) is 23.3. The summed E-state index contributed by atoms with van der Waals surface area (Å²) in [5.41, 5.74) is 0.428. The van der Waals surface area contributed by atoms with Gasteiger partial charge in [-0.05, 0) is 30.6 Å². The van der Waals surface area contributed by atoms with Crippen molar-refractivity contribution in [2.45, 2.75) is 96.0 Å². The molecule has 10 nitrogen and oxygen atoms in total. The maximum Gasteiger partial charge on any atom is 0.248 e. The monoisotopic (exact) mass is 472 g/mol.